The van der Waals surface area contributed by atoms with Crippen molar-refractivity contribution in [3.8, 4) is 22.3 Å². The van der Waals surface area contributed by atoms with Crippen LogP contribution >= 0.6 is 0 Å². The Balaban J connectivity index is 1.99. The summed E-state index contributed by atoms with van der Waals surface area (Å²) in [7, 11) is 0. The van der Waals surface area contributed by atoms with E-state index >= 15 is 0 Å². The van der Waals surface area contributed by atoms with E-state index < -0.39 is 0 Å². The third kappa shape index (κ3) is 3.51. The van der Waals surface area contributed by atoms with Crippen molar-refractivity contribution in [2.75, 3.05) is 5.32 Å². The molecule has 4 aromatic rings. The fourth-order valence-electron chi connectivity index (χ4n) is 3.28. The van der Waals surface area contributed by atoms with Gasteiger partial charge in [-0.25, -0.2) is 0 Å². The summed E-state index contributed by atoms with van der Waals surface area (Å²) < 4.78 is 0. The zero-order valence-corrected chi connectivity index (χ0v) is 14.8. The number of carbonyl (C=O) groups excluding carboxylic acids is 1. The van der Waals surface area contributed by atoms with Crippen LogP contribution in [-0.2, 0) is 0 Å². The molecule has 0 unspecified atom stereocenters. The molecule has 1 N–H and O–H groups in total. The highest BCUT2D eigenvalue weighted by atomic mass is 16.1. The van der Waals surface area contributed by atoms with Crippen LogP contribution in [0.15, 0.2) is 103 Å². The van der Waals surface area contributed by atoms with Gasteiger partial charge in [-0.05, 0) is 34.9 Å². The molecule has 0 fully saturated rings. The number of carbonyl (C=O) groups is 1. The van der Waals surface area contributed by atoms with Crippen LogP contribution in [0.5, 0.6) is 0 Å². The highest BCUT2D eigenvalue weighted by Gasteiger charge is 2.16. The topological polar surface area (TPSA) is 29.1 Å². The molecular weight excluding hydrogens is 330 g/mol. The SMILES string of the molecule is O=Cc1ccc(-c2ccccc2)c(-c2ccccc2)c1Nc1ccccc1. The van der Waals surface area contributed by atoms with Gasteiger partial charge >= 0.3 is 0 Å². The van der Waals surface area contributed by atoms with Crippen LogP contribution in [0.3, 0.4) is 0 Å². The highest BCUT2D eigenvalue weighted by molar-refractivity contribution is 6.01. The predicted octanol–water partition coefficient (Wildman–Crippen LogP) is 6.58. The maximum Gasteiger partial charge on any atom is 0.152 e. The fraction of sp³-hybridized carbons (Fsp3) is 0. The molecule has 0 saturated heterocycles. The molecule has 2 heteroatoms. The van der Waals surface area contributed by atoms with Gasteiger partial charge in [0.1, 0.15) is 0 Å². The Morgan fingerprint density at radius 3 is 1.74 bits per heavy atom. The van der Waals surface area contributed by atoms with E-state index in [4.69, 9.17) is 0 Å². The molecule has 0 bridgehead atoms. The van der Waals surface area contributed by atoms with Crippen LogP contribution in [0.25, 0.3) is 22.3 Å². The van der Waals surface area contributed by atoms with Crippen LogP contribution in [0.2, 0.25) is 0 Å². The number of para-hydroxylation sites is 1. The monoisotopic (exact) mass is 349 g/mol. The fourth-order valence-corrected chi connectivity index (χ4v) is 3.28. The number of anilines is 2. The molecule has 2 nitrogen and oxygen atoms in total. The van der Waals surface area contributed by atoms with E-state index in [1.54, 1.807) is 0 Å². The predicted molar refractivity (Wildman–Crippen MR) is 112 cm³/mol. The van der Waals surface area contributed by atoms with Crippen LogP contribution in [0, 0.1) is 0 Å². The zero-order valence-electron chi connectivity index (χ0n) is 14.8. The van der Waals surface area contributed by atoms with Gasteiger partial charge < -0.3 is 5.32 Å². The standard InChI is InChI=1S/C25H19NO/c27-18-21-16-17-23(19-10-4-1-5-11-19)24(20-12-6-2-7-13-20)25(21)26-22-14-8-3-9-15-22/h1-18,26H. The number of hydrogen-bond acceptors (Lipinski definition) is 2. The van der Waals surface area contributed by atoms with Crippen LogP contribution < -0.4 is 5.32 Å². The molecule has 0 radical (unpaired) electrons. The summed E-state index contributed by atoms with van der Waals surface area (Å²) in [5.41, 5.74) is 6.70. The van der Waals surface area contributed by atoms with Gasteiger partial charge in [-0.3, -0.25) is 4.79 Å². The van der Waals surface area contributed by atoms with Gasteiger partial charge in [0.15, 0.2) is 6.29 Å². The van der Waals surface area contributed by atoms with Gasteiger partial charge in [-0.2, -0.15) is 0 Å². The number of aldehydes is 1. The molecule has 0 atom stereocenters. The molecule has 0 heterocycles. The third-order valence-electron chi connectivity index (χ3n) is 4.55. The van der Waals surface area contributed by atoms with E-state index in [1.807, 2.05) is 78.9 Å². The summed E-state index contributed by atoms with van der Waals surface area (Å²) in [6, 6.07) is 34.3. The van der Waals surface area contributed by atoms with Crippen LogP contribution in [0.1, 0.15) is 10.4 Å². The molecule has 0 aliphatic rings. The molecular formula is C25H19NO. The maximum atomic E-state index is 11.8. The maximum absolute atomic E-state index is 11.8. The molecule has 0 aliphatic heterocycles. The molecule has 0 spiro atoms. The Kier molecular flexibility index (Phi) is 4.80. The number of benzene rings is 4. The molecule has 4 rings (SSSR count). The van der Waals surface area contributed by atoms with Gasteiger partial charge in [0.2, 0.25) is 0 Å². The lowest BCUT2D eigenvalue weighted by Gasteiger charge is -2.19. The summed E-state index contributed by atoms with van der Waals surface area (Å²) in [4.78, 5) is 11.8. The average molecular weight is 349 g/mol. The first-order chi connectivity index (χ1) is 13.4. The van der Waals surface area contributed by atoms with Gasteiger partial charge in [0.25, 0.3) is 0 Å². The lowest BCUT2D eigenvalue weighted by molar-refractivity contribution is 0.112. The van der Waals surface area contributed by atoms with E-state index in [1.165, 1.54) is 0 Å². The number of rotatable bonds is 5. The summed E-state index contributed by atoms with van der Waals surface area (Å²) in [5, 5.41) is 3.47. The van der Waals surface area contributed by atoms with E-state index in [9.17, 15) is 4.79 Å². The van der Waals surface area contributed by atoms with Crippen molar-refractivity contribution in [3.05, 3.63) is 109 Å². The zero-order chi connectivity index (χ0) is 18.5. The van der Waals surface area contributed by atoms with E-state index in [0.29, 0.717) is 5.56 Å². The number of nitrogens with one attached hydrogen (secondary N) is 1. The highest BCUT2D eigenvalue weighted by Crippen LogP contribution is 2.40. The van der Waals surface area contributed by atoms with E-state index in [2.05, 4.69) is 29.6 Å². The lowest BCUT2D eigenvalue weighted by atomic mass is 9.90. The van der Waals surface area contributed by atoms with Gasteiger partial charge in [-0.15, -0.1) is 0 Å². The minimum absolute atomic E-state index is 0.636. The van der Waals surface area contributed by atoms with E-state index in [-0.39, 0.29) is 0 Å². The van der Waals surface area contributed by atoms with Crippen molar-refractivity contribution in [2.45, 2.75) is 0 Å². The summed E-state index contributed by atoms with van der Waals surface area (Å²) in [5.74, 6) is 0. The molecule has 0 amide bonds. The second-order valence-electron chi connectivity index (χ2n) is 6.29. The van der Waals surface area contributed by atoms with Crippen molar-refractivity contribution in [2.24, 2.45) is 0 Å². The smallest absolute Gasteiger partial charge is 0.152 e. The molecule has 130 valence electrons. The van der Waals surface area contributed by atoms with Gasteiger partial charge in [0.05, 0.1) is 5.69 Å². The largest absolute Gasteiger partial charge is 0.354 e. The second-order valence-corrected chi connectivity index (χ2v) is 6.29. The minimum Gasteiger partial charge on any atom is -0.354 e. The molecule has 0 aliphatic carbocycles. The van der Waals surface area contributed by atoms with E-state index in [0.717, 1.165) is 39.9 Å². The van der Waals surface area contributed by atoms with Crippen molar-refractivity contribution < 1.29 is 4.79 Å². The van der Waals surface area contributed by atoms with Crippen molar-refractivity contribution >= 4 is 17.7 Å². The first-order valence-corrected chi connectivity index (χ1v) is 8.92. The van der Waals surface area contributed by atoms with Gasteiger partial charge in [-0.1, -0.05) is 84.9 Å². The summed E-state index contributed by atoms with van der Waals surface area (Å²) in [6.45, 7) is 0. The normalized spacial score (nSPS) is 10.4. The average Bonchev–Trinajstić information content (AvgIpc) is 2.75. The first kappa shape index (κ1) is 16.8. The third-order valence-corrected chi connectivity index (χ3v) is 4.55. The lowest BCUT2D eigenvalue weighted by Crippen LogP contribution is -2.00. The Hall–Kier alpha value is -3.65. The minimum atomic E-state index is 0.636. The summed E-state index contributed by atoms with van der Waals surface area (Å²) >= 11 is 0. The Bertz CT molecular complexity index is 1040. The second kappa shape index (κ2) is 7.71. The number of hydrogen-bond donors (Lipinski definition) is 1. The Morgan fingerprint density at radius 2 is 1.15 bits per heavy atom. The first-order valence-electron chi connectivity index (χ1n) is 8.92. The molecule has 4 aromatic carbocycles. The quantitative estimate of drug-likeness (QED) is 0.412. The van der Waals surface area contributed by atoms with Crippen molar-refractivity contribution in [1.29, 1.82) is 0 Å². The summed E-state index contributed by atoms with van der Waals surface area (Å²) in [6.07, 6.45) is 0.909. The molecule has 0 saturated carbocycles. The van der Waals surface area contributed by atoms with Gasteiger partial charge in [0, 0.05) is 16.8 Å². The molecule has 27 heavy (non-hydrogen) atoms. The van der Waals surface area contributed by atoms with Crippen molar-refractivity contribution in [3.63, 3.8) is 0 Å². The van der Waals surface area contributed by atoms with Crippen LogP contribution in [-0.4, -0.2) is 6.29 Å². The molecule has 0 aromatic heterocycles. The Labute approximate surface area is 159 Å². The Morgan fingerprint density at radius 1 is 0.593 bits per heavy atom. The van der Waals surface area contributed by atoms with Crippen molar-refractivity contribution in [1.82, 2.24) is 0 Å². The van der Waals surface area contributed by atoms with Crippen LogP contribution in [0.4, 0.5) is 11.4 Å².